The summed E-state index contributed by atoms with van der Waals surface area (Å²) in [7, 11) is 0. The van der Waals surface area contributed by atoms with E-state index in [4.69, 9.17) is 0 Å². The summed E-state index contributed by atoms with van der Waals surface area (Å²) >= 11 is 0. The van der Waals surface area contributed by atoms with Crippen LogP contribution in [0.4, 0.5) is 0 Å². The highest BCUT2D eigenvalue weighted by Crippen LogP contribution is 2.19. The van der Waals surface area contributed by atoms with Crippen LogP contribution in [0.3, 0.4) is 0 Å². The van der Waals surface area contributed by atoms with Gasteiger partial charge in [-0.2, -0.15) is 0 Å². The van der Waals surface area contributed by atoms with Crippen LogP contribution < -0.4 is 4.57 Å². The van der Waals surface area contributed by atoms with Gasteiger partial charge in [0.1, 0.15) is 0 Å². The molecule has 0 radical (unpaired) electrons. The molecule has 1 atom stereocenters. The fourth-order valence-electron chi connectivity index (χ4n) is 4.13. The minimum atomic E-state index is 0.714. The van der Waals surface area contributed by atoms with Gasteiger partial charge < -0.3 is 0 Å². The van der Waals surface area contributed by atoms with Crippen molar-refractivity contribution in [1.29, 1.82) is 0 Å². The molecular weight excluding hydrogens is 326 g/mol. The summed E-state index contributed by atoms with van der Waals surface area (Å²) in [4.78, 5) is 0. The van der Waals surface area contributed by atoms with Crippen molar-refractivity contribution >= 4 is 0 Å². The normalized spacial score (nSPS) is 12.4. The van der Waals surface area contributed by atoms with E-state index in [2.05, 4.69) is 49.0 Å². The van der Waals surface area contributed by atoms with Gasteiger partial charge >= 0.3 is 0 Å². The summed E-state index contributed by atoms with van der Waals surface area (Å²) in [6, 6.07) is 7.21. The molecule has 0 amide bonds. The first-order valence-corrected chi connectivity index (χ1v) is 12.3. The van der Waals surface area contributed by atoms with E-state index in [0.29, 0.717) is 6.04 Å². The molecule has 0 aliphatic carbocycles. The standard InChI is InChI=1S/C26H48N/c1-3-5-7-9-10-11-12-13-14-15-16-19-23-26(22-18-8-6-4-2)27-24-20-17-21-25-27/h17,20-21,24-26H,3-16,18-19,22-23H2,1-2H3/q+1. The van der Waals surface area contributed by atoms with Crippen LogP contribution in [0.25, 0.3) is 0 Å². The van der Waals surface area contributed by atoms with E-state index >= 15 is 0 Å². The minimum absolute atomic E-state index is 0.714. The van der Waals surface area contributed by atoms with Crippen molar-refractivity contribution in [1.82, 2.24) is 0 Å². The first-order chi connectivity index (χ1) is 13.4. The summed E-state index contributed by atoms with van der Waals surface area (Å²) < 4.78 is 2.46. The molecule has 0 aromatic carbocycles. The van der Waals surface area contributed by atoms with Gasteiger partial charge in [0.05, 0.1) is 0 Å². The zero-order valence-corrected chi connectivity index (χ0v) is 18.6. The van der Waals surface area contributed by atoms with E-state index in [1.165, 1.54) is 116 Å². The molecule has 0 aliphatic heterocycles. The Kier molecular flexibility index (Phi) is 16.6. The van der Waals surface area contributed by atoms with Gasteiger partial charge in [0, 0.05) is 25.0 Å². The van der Waals surface area contributed by atoms with E-state index < -0.39 is 0 Å². The van der Waals surface area contributed by atoms with Crippen LogP contribution in [-0.4, -0.2) is 0 Å². The Labute approximate surface area is 171 Å². The molecule has 1 aromatic rings. The summed E-state index contributed by atoms with van der Waals surface area (Å²) in [5, 5.41) is 0. The Hall–Kier alpha value is -0.850. The SMILES string of the molecule is CCCCCCCCCCCCCCC(CCCCCC)[n+]1ccccc1. The number of hydrogen-bond donors (Lipinski definition) is 0. The number of hydrogen-bond acceptors (Lipinski definition) is 0. The smallest absolute Gasteiger partial charge is 0.169 e. The van der Waals surface area contributed by atoms with Crippen LogP contribution in [0.2, 0.25) is 0 Å². The predicted molar refractivity (Wildman–Crippen MR) is 120 cm³/mol. The molecule has 0 N–H and O–H groups in total. The summed E-state index contributed by atoms with van der Waals surface area (Å²) in [6.45, 7) is 4.60. The Balaban J connectivity index is 2.06. The first kappa shape index (κ1) is 24.2. The van der Waals surface area contributed by atoms with Crippen molar-refractivity contribution < 1.29 is 4.57 Å². The highest BCUT2D eigenvalue weighted by atomic mass is 15.0. The minimum Gasteiger partial charge on any atom is -0.202 e. The molecule has 1 aromatic heterocycles. The lowest BCUT2D eigenvalue weighted by Gasteiger charge is -2.12. The number of rotatable bonds is 19. The molecule has 1 rings (SSSR count). The van der Waals surface area contributed by atoms with E-state index in [0.717, 1.165) is 0 Å². The van der Waals surface area contributed by atoms with Gasteiger partial charge in [0.15, 0.2) is 18.4 Å². The Morgan fingerprint density at radius 2 is 0.852 bits per heavy atom. The maximum absolute atomic E-state index is 2.46. The van der Waals surface area contributed by atoms with Gasteiger partial charge in [-0.05, 0) is 12.8 Å². The molecule has 0 saturated carbocycles. The zero-order valence-electron chi connectivity index (χ0n) is 18.6. The summed E-state index contributed by atoms with van der Waals surface area (Å²) in [5.41, 5.74) is 0. The second kappa shape index (κ2) is 18.5. The second-order valence-corrected chi connectivity index (χ2v) is 8.50. The molecule has 1 heteroatoms. The molecular formula is C26H48N+. The van der Waals surface area contributed by atoms with Crippen molar-refractivity contribution in [2.75, 3.05) is 0 Å². The van der Waals surface area contributed by atoms with Crippen molar-refractivity contribution in [3.05, 3.63) is 30.6 Å². The fraction of sp³-hybridized carbons (Fsp3) is 0.808. The third-order valence-corrected chi connectivity index (χ3v) is 5.94. The predicted octanol–water partition coefficient (Wildman–Crippen LogP) is 8.58. The highest BCUT2D eigenvalue weighted by molar-refractivity contribution is 4.84. The van der Waals surface area contributed by atoms with Gasteiger partial charge in [0.2, 0.25) is 0 Å². The second-order valence-electron chi connectivity index (χ2n) is 8.50. The molecule has 0 spiro atoms. The average Bonchev–Trinajstić information content (AvgIpc) is 2.71. The first-order valence-electron chi connectivity index (χ1n) is 12.3. The lowest BCUT2D eigenvalue weighted by atomic mass is 9.99. The van der Waals surface area contributed by atoms with Crippen LogP contribution in [-0.2, 0) is 0 Å². The van der Waals surface area contributed by atoms with Crippen molar-refractivity contribution in [3.8, 4) is 0 Å². The Morgan fingerprint density at radius 3 is 1.30 bits per heavy atom. The molecule has 27 heavy (non-hydrogen) atoms. The number of aromatic nitrogens is 1. The van der Waals surface area contributed by atoms with Crippen molar-refractivity contribution in [2.45, 2.75) is 135 Å². The van der Waals surface area contributed by atoms with Crippen LogP contribution >= 0.6 is 0 Å². The van der Waals surface area contributed by atoms with Gasteiger partial charge in [-0.15, -0.1) is 0 Å². The van der Waals surface area contributed by atoms with E-state index in [1.807, 2.05) is 0 Å². The van der Waals surface area contributed by atoms with Crippen LogP contribution in [0.15, 0.2) is 30.6 Å². The fourth-order valence-corrected chi connectivity index (χ4v) is 4.13. The molecule has 0 bridgehead atoms. The van der Waals surface area contributed by atoms with Crippen LogP contribution in [0.5, 0.6) is 0 Å². The van der Waals surface area contributed by atoms with Gasteiger partial charge in [0.25, 0.3) is 0 Å². The van der Waals surface area contributed by atoms with E-state index in [1.54, 1.807) is 0 Å². The average molecular weight is 375 g/mol. The van der Waals surface area contributed by atoms with Gasteiger partial charge in [-0.25, -0.2) is 4.57 Å². The molecule has 1 unspecified atom stereocenters. The monoisotopic (exact) mass is 374 g/mol. The van der Waals surface area contributed by atoms with E-state index in [-0.39, 0.29) is 0 Å². The van der Waals surface area contributed by atoms with Gasteiger partial charge in [-0.1, -0.05) is 110 Å². The molecule has 0 aliphatic rings. The molecule has 1 heterocycles. The van der Waals surface area contributed by atoms with Crippen molar-refractivity contribution in [2.24, 2.45) is 0 Å². The maximum atomic E-state index is 2.46. The third-order valence-electron chi connectivity index (χ3n) is 5.94. The largest absolute Gasteiger partial charge is 0.202 e. The number of unbranched alkanes of at least 4 members (excludes halogenated alkanes) is 14. The Morgan fingerprint density at radius 1 is 0.481 bits per heavy atom. The lowest BCUT2D eigenvalue weighted by Crippen LogP contribution is -2.38. The number of nitrogens with zero attached hydrogens (tertiary/aromatic N) is 1. The quantitative estimate of drug-likeness (QED) is 0.169. The summed E-state index contributed by atoms with van der Waals surface area (Å²) in [6.07, 6.45) is 30.1. The summed E-state index contributed by atoms with van der Waals surface area (Å²) in [5.74, 6) is 0. The zero-order chi connectivity index (χ0) is 19.4. The highest BCUT2D eigenvalue weighted by Gasteiger charge is 2.16. The molecule has 0 saturated heterocycles. The van der Waals surface area contributed by atoms with Crippen LogP contribution in [0, 0.1) is 0 Å². The Bertz CT molecular complexity index is 400. The van der Waals surface area contributed by atoms with Gasteiger partial charge in [-0.3, -0.25) is 0 Å². The third kappa shape index (κ3) is 13.9. The lowest BCUT2D eigenvalue weighted by molar-refractivity contribution is -0.724. The maximum Gasteiger partial charge on any atom is 0.169 e. The van der Waals surface area contributed by atoms with E-state index in [9.17, 15) is 0 Å². The number of pyridine rings is 1. The molecule has 156 valence electrons. The molecule has 0 fully saturated rings. The molecule has 1 nitrogen and oxygen atoms in total. The topological polar surface area (TPSA) is 3.88 Å². The van der Waals surface area contributed by atoms with Crippen LogP contribution in [0.1, 0.15) is 135 Å². The van der Waals surface area contributed by atoms with Crippen molar-refractivity contribution in [3.63, 3.8) is 0 Å².